The maximum absolute atomic E-state index is 12.0. The van der Waals surface area contributed by atoms with Gasteiger partial charge in [0, 0.05) is 17.3 Å². The predicted octanol–water partition coefficient (Wildman–Crippen LogP) is 2.66. The zero-order valence-corrected chi connectivity index (χ0v) is 12.0. The van der Waals surface area contributed by atoms with Crippen molar-refractivity contribution in [3.63, 3.8) is 0 Å². The molecule has 0 aliphatic heterocycles. The molecule has 0 saturated heterocycles. The summed E-state index contributed by atoms with van der Waals surface area (Å²) in [6, 6.07) is 4.49. The first-order valence-electron chi connectivity index (χ1n) is 6.66. The Morgan fingerprint density at radius 3 is 2.78 bits per heavy atom. The summed E-state index contributed by atoms with van der Waals surface area (Å²) in [7, 11) is 4.12. The maximum Gasteiger partial charge on any atom is 0.223 e. The van der Waals surface area contributed by atoms with E-state index in [9.17, 15) is 4.79 Å². The zero-order valence-electron chi connectivity index (χ0n) is 11.2. The first kappa shape index (κ1) is 13.6. The molecular weight excluding hydrogens is 244 g/mol. The number of carbonyl (C=O) groups is 1. The highest BCUT2D eigenvalue weighted by Crippen LogP contribution is 2.26. The molecule has 0 spiro atoms. The van der Waals surface area contributed by atoms with E-state index in [1.807, 2.05) is 0 Å². The maximum atomic E-state index is 12.0. The summed E-state index contributed by atoms with van der Waals surface area (Å²) in [6.07, 6.45) is 4.55. The van der Waals surface area contributed by atoms with Crippen molar-refractivity contribution in [2.24, 2.45) is 5.92 Å². The smallest absolute Gasteiger partial charge is 0.223 e. The summed E-state index contributed by atoms with van der Waals surface area (Å²) in [5.74, 6) is 0.507. The third-order valence-corrected chi connectivity index (χ3v) is 4.66. The van der Waals surface area contributed by atoms with Gasteiger partial charge in [-0.25, -0.2) is 0 Å². The SMILES string of the molecule is CN(C)C(CNC(=O)C1CCCC1)c1cccs1. The van der Waals surface area contributed by atoms with E-state index in [1.165, 1.54) is 17.7 Å². The second kappa shape index (κ2) is 6.34. The molecular formula is C14H22N2OS. The fourth-order valence-corrected chi connectivity index (χ4v) is 3.47. The van der Waals surface area contributed by atoms with E-state index in [-0.39, 0.29) is 17.9 Å². The van der Waals surface area contributed by atoms with Crippen molar-refractivity contribution in [2.75, 3.05) is 20.6 Å². The Kier molecular flexibility index (Phi) is 4.78. The van der Waals surface area contributed by atoms with Gasteiger partial charge in [-0.1, -0.05) is 18.9 Å². The van der Waals surface area contributed by atoms with Crippen molar-refractivity contribution < 1.29 is 4.79 Å². The van der Waals surface area contributed by atoms with Crippen LogP contribution in [0, 0.1) is 5.92 Å². The molecule has 18 heavy (non-hydrogen) atoms. The minimum Gasteiger partial charge on any atom is -0.354 e. The lowest BCUT2D eigenvalue weighted by molar-refractivity contribution is -0.125. The molecule has 0 aromatic carbocycles. The van der Waals surface area contributed by atoms with Gasteiger partial charge >= 0.3 is 0 Å². The third-order valence-electron chi connectivity index (χ3n) is 3.69. The van der Waals surface area contributed by atoms with Crippen LogP contribution in [0.25, 0.3) is 0 Å². The van der Waals surface area contributed by atoms with Crippen LogP contribution in [0.4, 0.5) is 0 Å². The van der Waals surface area contributed by atoms with Gasteiger partial charge in [0.1, 0.15) is 0 Å². The molecule has 1 unspecified atom stereocenters. The molecule has 0 radical (unpaired) electrons. The molecule has 1 aliphatic rings. The van der Waals surface area contributed by atoms with Gasteiger partial charge in [0.2, 0.25) is 5.91 Å². The van der Waals surface area contributed by atoms with E-state index >= 15 is 0 Å². The monoisotopic (exact) mass is 266 g/mol. The minimum atomic E-state index is 0.246. The lowest BCUT2D eigenvalue weighted by atomic mass is 10.1. The van der Waals surface area contributed by atoms with Crippen LogP contribution in [-0.4, -0.2) is 31.4 Å². The normalized spacial score (nSPS) is 18.2. The Morgan fingerprint density at radius 2 is 2.22 bits per heavy atom. The molecule has 1 heterocycles. The Balaban J connectivity index is 1.88. The molecule has 0 bridgehead atoms. The molecule has 100 valence electrons. The summed E-state index contributed by atoms with van der Waals surface area (Å²) in [5, 5.41) is 5.21. The van der Waals surface area contributed by atoms with Gasteiger partial charge in [0.15, 0.2) is 0 Å². The van der Waals surface area contributed by atoms with E-state index in [4.69, 9.17) is 0 Å². The van der Waals surface area contributed by atoms with Gasteiger partial charge in [0.25, 0.3) is 0 Å². The second-order valence-electron chi connectivity index (χ2n) is 5.22. The highest BCUT2D eigenvalue weighted by Gasteiger charge is 2.24. The van der Waals surface area contributed by atoms with Crippen LogP contribution < -0.4 is 5.32 Å². The number of nitrogens with zero attached hydrogens (tertiary/aromatic N) is 1. The van der Waals surface area contributed by atoms with Gasteiger partial charge in [-0.15, -0.1) is 11.3 Å². The van der Waals surface area contributed by atoms with Crippen LogP contribution in [-0.2, 0) is 4.79 Å². The van der Waals surface area contributed by atoms with Crippen LogP contribution in [0.1, 0.15) is 36.6 Å². The van der Waals surface area contributed by atoms with Crippen molar-refractivity contribution in [3.8, 4) is 0 Å². The summed E-state index contributed by atoms with van der Waals surface area (Å²) >= 11 is 1.75. The second-order valence-corrected chi connectivity index (χ2v) is 6.20. The van der Waals surface area contributed by atoms with Crippen molar-refractivity contribution in [1.29, 1.82) is 0 Å². The number of nitrogens with one attached hydrogen (secondary N) is 1. The van der Waals surface area contributed by atoms with Gasteiger partial charge in [-0.2, -0.15) is 0 Å². The molecule has 2 rings (SSSR count). The quantitative estimate of drug-likeness (QED) is 0.888. The number of carbonyl (C=O) groups excluding carboxylic acids is 1. The van der Waals surface area contributed by atoms with Gasteiger partial charge in [-0.05, 0) is 38.4 Å². The van der Waals surface area contributed by atoms with E-state index in [0.717, 1.165) is 12.8 Å². The molecule has 3 nitrogen and oxygen atoms in total. The number of rotatable bonds is 5. The summed E-state index contributed by atoms with van der Waals surface area (Å²) in [6.45, 7) is 0.711. The highest BCUT2D eigenvalue weighted by molar-refractivity contribution is 7.10. The molecule has 1 N–H and O–H groups in total. The summed E-state index contributed by atoms with van der Waals surface area (Å²) in [4.78, 5) is 15.5. The molecule has 4 heteroatoms. The van der Waals surface area contributed by atoms with Crippen LogP contribution in [0.3, 0.4) is 0 Å². The molecule has 1 aliphatic carbocycles. The lowest BCUT2D eigenvalue weighted by Gasteiger charge is -2.24. The standard InChI is InChI=1S/C14H22N2OS/c1-16(2)12(13-8-5-9-18-13)10-15-14(17)11-6-3-4-7-11/h5,8-9,11-12H,3-4,6-7,10H2,1-2H3,(H,15,17). The average Bonchev–Trinajstić information content (AvgIpc) is 3.01. The molecule has 1 aromatic heterocycles. The van der Waals surface area contributed by atoms with Crippen molar-refractivity contribution in [2.45, 2.75) is 31.7 Å². The molecule has 1 amide bonds. The van der Waals surface area contributed by atoms with E-state index < -0.39 is 0 Å². The number of hydrogen-bond donors (Lipinski definition) is 1. The Hall–Kier alpha value is -0.870. The lowest BCUT2D eigenvalue weighted by Crippen LogP contribution is -2.36. The largest absolute Gasteiger partial charge is 0.354 e. The highest BCUT2D eigenvalue weighted by atomic mass is 32.1. The zero-order chi connectivity index (χ0) is 13.0. The first-order valence-corrected chi connectivity index (χ1v) is 7.54. The van der Waals surface area contributed by atoms with Crippen molar-refractivity contribution >= 4 is 17.2 Å². The Labute approximate surface area is 113 Å². The topological polar surface area (TPSA) is 32.3 Å². The van der Waals surface area contributed by atoms with Crippen LogP contribution >= 0.6 is 11.3 Å². The molecule has 1 aromatic rings. The molecule has 1 saturated carbocycles. The Bertz CT molecular complexity index is 369. The van der Waals surface area contributed by atoms with Gasteiger partial charge in [0.05, 0.1) is 6.04 Å². The van der Waals surface area contributed by atoms with Crippen molar-refractivity contribution in [1.82, 2.24) is 10.2 Å². The average molecular weight is 266 g/mol. The predicted molar refractivity (Wildman–Crippen MR) is 75.7 cm³/mol. The Morgan fingerprint density at radius 1 is 1.50 bits per heavy atom. The number of amides is 1. The number of thiophene rings is 1. The van der Waals surface area contributed by atoms with E-state index in [1.54, 1.807) is 11.3 Å². The first-order chi connectivity index (χ1) is 8.68. The molecule has 1 fully saturated rings. The summed E-state index contributed by atoms with van der Waals surface area (Å²) in [5.41, 5.74) is 0. The fraction of sp³-hybridized carbons (Fsp3) is 0.643. The van der Waals surface area contributed by atoms with E-state index in [2.05, 4.69) is 41.8 Å². The van der Waals surface area contributed by atoms with Crippen LogP contribution in [0.5, 0.6) is 0 Å². The van der Waals surface area contributed by atoms with Crippen LogP contribution in [0.2, 0.25) is 0 Å². The number of likely N-dealkylation sites (N-methyl/N-ethyl adjacent to an activating group) is 1. The molecule has 1 atom stereocenters. The summed E-state index contributed by atoms with van der Waals surface area (Å²) < 4.78 is 0. The van der Waals surface area contributed by atoms with Crippen LogP contribution in [0.15, 0.2) is 17.5 Å². The van der Waals surface area contributed by atoms with Gasteiger partial charge in [-0.3, -0.25) is 4.79 Å². The third kappa shape index (κ3) is 3.33. The minimum absolute atomic E-state index is 0.246. The number of hydrogen-bond acceptors (Lipinski definition) is 3. The van der Waals surface area contributed by atoms with Crippen molar-refractivity contribution in [3.05, 3.63) is 22.4 Å². The fourth-order valence-electron chi connectivity index (χ4n) is 2.55. The van der Waals surface area contributed by atoms with Gasteiger partial charge < -0.3 is 10.2 Å². The van der Waals surface area contributed by atoms with E-state index in [0.29, 0.717) is 6.54 Å².